The number of hydrogen-bond acceptors (Lipinski definition) is 4. The second kappa shape index (κ2) is 8.03. The Morgan fingerprint density at radius 3 is 2.58 bits per heavy atom. The number of aliphatic imine (C=N–C) groups is 1. The lowest BCUT2D eigenvalue weighted by atomic mass is 9.55. The van der Waals surface area contributed by atoms with Gasteiger partial charge in [0.1, 0.15) is 0 Å². The summed E-state index contributed by atoms with van der Waals surface area (Å²) in [7, 11) is 4.33. The van der Waals surface area contributed by atoms with Crippen molar-refractivity contribution in [1.29, 1.82) is 0 Å². The normalized spacial score (nSPS) is 33.3. The average Bonchev–Trinajstić information content (AvgIpc) is 2.64. The minimum absolute atomic E-state index is 0.103. The summed E-state index contributed by atoms with van der Waals surface area (Å²) in [5.41, 5.74) is 0.255. The highest BCUT2D eigenvalue weighted by Crippen LogP contribution is 2.51. The molecule has 1 aliphatic carbocycles. The Morgan fingerprint density at radius 2 is 1.92 bits per heavy atom. The number of rotatable bonds is 5. The summed E-state index contributed by atoms with van der Waals surface area (Å²) in [6, 6.07) is 0.426. The van der Waals surface area contributed by atoms with Gasteiger partial charge in [0.25, 0.3) is 0 Å². The minimum Gasteiger partial charge on any atom is -0.381 e. The molecular weight excluding hydrogens is 328 g/mol. The molecule has 6 nitrogen and oxygen atoms in total. The van der Waals surface area contributed by atoms with Gasteiger partial charge in [-0.05, 0) is 46.7 Å². The summed E-state index contributed by atoms with van der Waals surface area (Å²) < 4.78 is 11.6. The molecule has 0 amide bonds. The van der Waals surface area contributed by atoms with Crippen molar-refractivity contribution in [2.45, 2.75) is 64.1 Å². The lowest BCUT2D eigenvalue weighted by molar-refractivity contribution is -0.188. The van der Waals surface area contributed by atoms with E-state index in [2.05, 4.69) is 50.4 Å². The van der Waals surface area contributed by atoms with E-state index in [1.807, 2.05) is 0 Å². The smallest absolute Gasteiger partial charge is 0.191 e. The number of likely N-dealkylation sites (N-methyl/N-ethyl adjacent to an activating group) is 1. The molecule has 0 aromatic carbocycles. The minimum atomic E-state index is 0.103. The van der Waals surface area contributed by atoms with E-state index >= 15 is 0 Å². The second-order valence-corrected chi connectivity index (χ2v) is 8.97. The van der Waals surface area contributed by atoms with Crippen molar-refractivity contribution in [2.75, 3.05) is 47.0 Å². The first kappa shape index (κ1) is 19.9. The fourth-order valence-electron chi connectivity index (χ4n) is 5.01. The molecule has 26 heavy (non-hydrogen) atoms. The van der Waals surface area contributed by atoms with E-state index in [4.69, 9.17) is 14.5 Å². The van der Waals surface area contributed by atoms with Gasteiger partial charge in [0.05, 0.1) is 12.6 Å². The Bertz CT molecular complexity index is 500. The van der Waals surface area contributed by atoms with Crippen LogP contribution in [0.5, 0.6) is 0 Å². The van der Waals surface area contributed by atoms with Crippen LogP contribution in [0.2, 0.25) is 0 Å². The van der Waals surface area contributed by atoms with Gasteiger partial charge in [-0.15, -0.1) is 0 Å². The van der Waals surface area contributed by atoms with Gasteiger partial charge in [0.2, 0.25) is 0 Å². The lowest BCUT2D eigenvalue weighted by Crippen LogP contribution is -2.71. The fraction of sp³-hybridized carbons (Fsp3) is 0.950. The van der Waals surface area contributed by atoms with Crippen LogP contribution in [0.4, 0.5) is 0 Å². The maximum atomic E-state index is 6.05. The Balaban J connectivity index is 1.69. The van der Waals surface area contributed by atoms with Gasteiger partial charge >= 0.3 is 0 Å². The summed E-state index contributed by atoms with van der Waals surface area (Å²) in [6.07, 6.45) is 4.89. The lowest BCUT2D eigenvalue weighted by Gasteiger charge is -2.60. The van der Waals surface area contributed by atoms with Crippen LogP contribution < -0.4 is 10.6 Å². The molecule has 0 radical (unpaired) electrons. The molecule has 1 saturated carbocycles. The summed E-state index contributed by atoms with van der Waals surface area (Å²) in [5, 5.41) is 7.21. The van der Waals surface area contributed by atoms with Crippen LogP contribution in [0, 0.1) is 11.3 Å². The molecule has 2 aliphatic heterocycles. The predicted octanol–water partition coefficient (Wildman–Crippen LogP) is 1.86. The molecule has 3 atom stereocenters. The van der Waals surface area contributed by atoms with E-state index in [9.17, 15) is 0 Å². The zero-order chi connectivity index (χ0) is 18.8. The van der Waals surface area contributed by atoms with Crippen LogP contribution in [-0.2, 0) is 9.47 Å². The Morgan fingerprint density at radius 1 is 1.19 bits per heavy atom. The number of nitrogens with one attached hydrogen (secondary N) is 2. The van der Waals surface area contributed by atoms with Crippen LogP contribution in [0.1, 0.15) is 46.5 Å². The highest BCUT2D eigenvalue weighted by Gasteiger charge is 2.58. The van der Waals surface area contributed by atoms with Crippen LogP contribution in [-0.4, -0.2) is 75.5 Å². The Kier molecular flexibility index (Phi) is 6.14. The van der Waals surface area contributed by atoms with Gasteiger partial charge in [-0.3, -0.25) is 4.99 Å². The van der Waals surface area contributed by atoms with Crippen molar-refractivity contribution in [3.63, 3.8) is 0 Å². The first-order chi connectivity index (χ1) is 12.4. The first-order valence-corrected chi connectivity index (χ1v) is 10.3. The molecule has 150 valence electrons. The van der Waals surface area contributed by atoms with Gasteiger partial charge in [-0.2, -0.15) is 0 Å². The molecular formula is C20H38N4O2. The maximum absolute atomic E-state index is 6.05. The monoisotopic (exact) mass is 366 g/mol. The standard InChI is InChI=1S/C20H38N4O2/c1-6-21-18(22-14-20(24(4)5)9-12-25-13-10-20)23-16-15-8-7-11-26-17(15)19(16,2)3/h15-17H,6-14H2,1-5H3,(H2,21,22,23). The van der Waals surface area contributed by atoms with Crippen molar-refractivity contribution in [2.24, 2.45) is 16.3 Å². The number of ether oxygens (including phenoxy) is 2. The van der Waals surface area contributed by atoms with E-state index in [-0.39, 0.29) is 11.0 Å². The molecule has 2 N–H and O–H groups in total. The van der Waals surface area contributed by atoms with Crippen LogP contribution in [0.25, 0.3) is 0 Å². The van der Waals surface area contributed by atoms with E-state index < -0.39 is 0 Å². The number of fused-ring (bicyclic) bond motifs is 1. The third-order valence-corrected chi connectivity index (χ3v) is 6.87. The van der Waals surface area contributed by atoms with Gasteiger partial charge in [-0.1, -0.05) is 13.8 Å². The summed E-state index contributed by atoms with van der Waals surface area (Å²) >= 11 is 0. The average molecular weight is 367 g/mol. The third-order valence-electron chi connectivity index (χ3n) is 6.87. The summed E-state index contributed by atoms with van der Waals surface area (Å²) in [6.45, 7) is 11.0. The first-order valence-electron chi connectivity index (χ1n) is 10.3. The topological polar surface area (TPSA) is 58.1 Å². The number of guanidine groups is 1. The van der Waals surface area contributed by atoms with E-state index in [0.717, 1.165) is 51.7 Å². The van der Waals surface area contributed by atoms with Crippen molar-refractivity contribution < 1.29 is 9.47 Å². The highest BCUT2D eigenvalue weighted by atomic mass is 16.5. The summed E-state index contributed by atoms with van der Waals surface area (Å²) in [5.74, 6) is 1.55. The van der Waals surface area contributed by atoms with E-state index in [0.29, 0.717) is 18.1 Å². The molecule has 0 spiro atoms. The maximum Gasteiger partial charge on any atom is 0.191 e. The quantitative estimate of drug-likeness (QED) is 0.574. The van der Waals surface area contributed by atoms with Gasteiger partial charge in [0.15, 0.2) is 5.96 Å². The zero-order valence-corrected chi connectivity index (χ0v) is 17.3. The third kappa shape index (κ3) is 3.73. The summed E-state index contributed by atoms with van der Waals surface area (Å²) in [4.78, 5) is 7.35. The van der Waals surface area contributed by atoms with Crippen LogP contribution in [0.15, 0.2) is 4.99 Å². The molecule has 0 aromatic rings. The molecule has 2 heterocycles. The van der Waals surface area contributed by atoms with E-state index in [1.54, 1.807) is 0 Å². The number of hydrogen-bond donors (Lipinski definition) is 2. The molecule has 3 unspecified atom stereocenters. The van der Waals surface area contributed by atoms with Crippen molar-refractivity contribution in [1.82, 2.24) is 15.5 Å². The SMILES string of the molecule is CCNC(=NCC1(N(C)C)CCOCC1)NC1C2CCCOC2C1(C)C. The molecule has 3 fully saturated rings. The molecule has 3 aliphatic rings. The van der Waals surface area contributed by atoms with Crippen molar-refractivity contribution in [3.8, 4) is 0 Å². The second-order valence-electron chi connectivity index (χ2n) is 8.97. The molecule has 2 saturated heterocycles. The van der Waals surface area contributed by atoms with Gasteiger partial charge in [-0.25, -0.2) is 0 Å². The molecule has 0 aromatic heterocycles. The Labute approximate surface area is 159 Å². The predicted molar refractivity (Wildman–Crippen MR) is 106 cm³/mol. The molecule has 3 rings (SSSR count). The van der Waals surface area contributed by atoms with Crippen molar-refractivity contribution in [3.05, 3.63) is 0 Å². The van der Waals surface area contributed by atoms with Gasteiger partial charge in [0, 0.05) is 49.3 Å². The highest BCUT2D eigenvalue weighted by molar-refractivity contribution is 5.80. The van der Waals surface area contributed by atoms with E-state index in [1.165, 1.54) is 12.8 Å². The molecule has 6 heteroatoms. The zero-order valence-electron chi connectivity index (χ0n) is 17.3. The molecule has 0 bridgehead atoms. The Hall–Kier alpha value is -0.850. The van der Waals surface area contributed by atoms with Crippen LogP contribution >= 0.6 is 0 Å². The van der Waals surface area contributed by atoms with Gasteiger partial charge < -0.3 is 25.0 Å². The largest absolute Gasteiger partial charge is 0.381 e. The fourth-order valence-corrected chi connectivity index (χ4v) is 5.01. The number of nitrogens with zero attached hydrogens (tertiary/aromatic N) is 2. The van der Waals surface area contributed by atoms with Crippen molar-refractivity contribution >= 4 is 5.96 Å². The van der Waals surface area contributed by atoms with Crippen LogP contribution in [0.3, 0.4) is 0 Å².